The Morgan fingerprint density at radius 3 is 2.64 bits per heavy atom. The molecule has 0 spiro atoms. The number of hydrogen-bond acceptors (Lipinski definition) is 3. The fraction of sp³-hybridized carbons (Fsp3) is 0.615. The van der Waals surface area contributed by atoms with Crippen LogP contribution in [0.3, 0.4) is 0 Å². The van der Waals surface area contributed by atoms with Crippen molar-refractivity contribution >= 4 is 11.8 Å². The summed E-state index contributed by atoms with van der Waals surface area (Å²) >= 11 is 0. The summed E-state index contributed by atoms with van der Waals surface area (Å²) in [4.78, 5) is 23.2. The minimum Gasteiger partial charge on any atom is -0.369 e. The quantitative estimate of drug-likeness (QED) is 0.870. The highest BCUT2D eigenvalue weighted by Crippen LogP contribution is 2.27. The third-order valence-electron chi connectivity index (χ3n) is 3.71. The molecule has 2 unspecified atom stereocenters. The lowest BCUT2D eigenvalue weighted by Crippen LogP contribution is -2.47. The summed E-state index contributed by atoms with van der Waals surface area (Å²) < 4.78 is 38.2. The van der Waals surface area contributed by atoms with Crippen LogP contribution in [0, 0.1) is 5.92 Å². The molecule has 2 atom stereocenters. The van der Waals surface area contributed by atoms with Gasteiger partial charge in [-0.1, -0.05) is 12.8 Å². The number of rotatable bonds is 4. The lowest BCUT2D eigenvalue weighted by Gasteiger charge is -2.29. The molecule has 0 saturated heterocycles. The van der Waals surface area contributed by atoms with Crippen molar-refractivity contribution in [2.24, 2.45) is 11.7 Å². The van der Waals surface area contributed by atoms with Crippen LogP contribution in [0.15, 0.2) is 12.3 Å². The molecule has 0 bridgehead atoms. The molecule has 6 nitrogen and oxygen atoms in total. The van der Waals surface area contributed by atoms with Crippen LogP contribution in [-0.2, 0) is 22.3 Å². The molecular weight excluding hydrogens is 301 g/mol. The van der Waals surface area contributed by atoms with Gasteiger partial charge in [0.05, 0.1) is 5.92 Å². The minimum atomic E-state index is -4.54. The van der Waals surface area contributed by atoms with Gasteiger partial charge in [-0.25, -0.2) is 0 Å². The fourth-order valence-electron chi connectivity index (χ4n) is 2.64. The molecule has 1 aromatic rings. The Labute approximate surface area is 124 Å². The van der Waals surface area contributed by atoms with Crippen molar-refractivity contribution in [2.45, 2.75) is 44.4 Å². The summed E-state index contributed by atoms with van der Waals surface area (Å²) in [6.07, 6.45) is -0.466. The van der Waals surface area contributed by atoms with Gasteiger partial charge in [0.1, 0.15) is 6.54 Å². The van der Waals surface area contributed by atoms with Crippen molar-refractivity contribution in [3.05, 3.63) is 18.0 Å². The highest BCUT2D eigenvalue weighted by Gasteiger charge is 2.34. The van der Waals surface area contributed by atoms with Crippen LogP contribution < -0.4 is 11.1 Å². The number of nitrogens with zero attached hydrogens (tertiary/aromatic N) is 2. The Bertz CT molecular complexity index is 556. The SMILES string of the molecule is NC(=O)C1CCCCC1NC(=O)Cn1ccc(C(F)(F)F)n1. The summed E-state index contributed by atoms with van der Waals surface area (Å²) in [7, 11) is 0. The Hall–Kier alpha value is -2.06. The molecular formula is C13H17F3N4O2. The van der Waals surface area contributed by atoms with E-state index >= 15 is 0 Å². The lowest BCUT2D eigenvalue weighted by molar-refractivity contribution is -0.141. The van der Waals surface area contributed by atoms with Crippen molar-refractivity contribution in [1.82, 2.24) is 15.1 Å². The molecule has 2 rings (SSSR count). The second kappa shape index (κ2) is 6.37. The number of carbonyl (C=O) groups excluding carboxylic acids is 2. The summed E-state index contributed by atoms with van der Waals surface area (Å²) in [5.74, 6) is -1.39. The van der Waals surface area contributed by atoms with Crippen LogP contribution in [-0.4, -0.2) is 27.6 Å². The average Bonchev–Trinajstić information content (AvgIpc) is 2.87. The van der Waals surface area contributed by atoms with Crippen LogP contribution in [0.2, 0.25) is 0 Å². The molecule has 1 heterocycles. The third-order valence-corrected chi connectivity index (χ3v) is 3.71. The summed E-state index contributed by atoms with van der Waals surface area (Å²) in [6, 6.07) is 0.441. The van der Waals surface area contributed by atoms with Crippen molar-refractivity contribution < 1.29 is 22.8 Å². The molecule has 9 heteroatoms. The highest BCUT2D eigenvalue weighted by atomic mass is 19.4. The van der Waals surface area contributed by atoms with Crippen LogP contribution in [0.25, 0.3) is 0 Å². The average molecular weight is 318 g/mol. The number of nitrogens with two attached hydrogens (primary N) is 1. The van der Waals surface area contributed by atoms with Gasteiger partial charge in [0, 0.05) is 12.2 Å². The van der Waals surface area contributed by atoms with E-state index in [9.17, 15) is 22.8 Å². The van der Waals surface area contributed by atoms with Crippen LogP contribution in [0.1, 0.15) is 31.4 Å². The molecule has 122 valence electrons. The predicted octanol–water partition coefficient (Wildman–Crippen LogP) is 1.06. The normalized spacial score (nSPS) is 22.3. The Morgan fingerprint density at radius 2 is 2.05 bits per heavy atom. The number of halogens is 3. The lowest BCUT2D eigenvalue weighted by atomic mass is 9.84. The number of carbonyl (C=O) groups is 2. The Kier molecular flexibility index (Phi) is 4.72. The van der Waals surface area contributed by atoms with Crippen LogP contribution >= 0.6 is 0 Å². The molecule has 3 N–H and O–H groups in total. The number of alkyl halides is 3. The van der Waals surface area contributed by atoms with Gasteiger partial charge >= 0.3 is 6.18 Å². The van der Waals surface area contributed by atoms with Gasteiger partial charge in [-0.2, -0.15) is 18.3 Å². The van der Waals surface area contributed by atoms with Gasteiger partial charge in [0.2, 0.25) is 11.8 Å². The van der Waals surface area contributed by atoms with E-state index in [0.29, 0.717) is 12.8 Å². The zero-order chi connectivity index (χ0) is 16.3. The van der Waals surface area contributed by atoms with E-state index in [1.54, 1.807) is 0 Å². The maximum atomic E-state index is 12.4. The molecule has 22 heavy (non-hydrogen) atoms. The first-order chi connectivity index (χ1) is 10.3. The van der Waals surface area contributed by atoms with E-state index in [4.69, 9.17) is 5.73 Å². The molecule has 1 aromatic heterocycles. The van der Waals surface area contributed by atoms with Crippen molar-refractivity contribution in [2.75, 3.05) is 0 Å². The molecule has 0 radical (unpaired) electrons. The van der Waals surface area contributed by atoms with E-state index in [2.05, 4.69) is 10.4 Å². The Balaban J connectivity index is 1.94. The summed E-state index contributed by atoms with van der Waals surface area (Å²) in [5.41, 5.74) is 4.26. The number of aromatic nitrogens is 2. The van der Waals surface area contributed by atoms with Gasteiger partial charge < -0.3 is 11.1 Å². The van der Waals surface area contributed by atoms with Crippen LogP contribution in [0.5, 0.6) is 0 Å². The number of primary amides is 1. The van der Waals surface area contributed by atoms with Crippen LogP contribution in [0.4, 0.5) is 13.2 Å². The van der Waals surface area contributed by atoms with Gasteiger partial charge in [0.15, 0.2) is 5.69 Å². The zero-order valence-corrected chi connectivity index (χ0v) is 11.8. The molecule has 1 saturated carbocycles. The third kappa shape index (κ3) is 3.99. The van der Waals surface area contributed by atoms with Crippen molar-refractivity contribution in [3.8, 4) is 0 Å². The molecule has 1 aliphatic carbocycles. The van der Waals surface area contributed by atoms with Gasteiger partial charge in [-0.05, 0) is 18.9 Å². The van der Waals surface area contributed by atoms with E-state index < -0.39 is 29.6 Å². The molecule has 1 aliphatic rings. The number of hydrogen-bond donors (Lipinski definition) is 2. The molecule has 2 amide bonds. The highest BCUT2D eigenvalue weighted by molar-refractivity contribution is 5.80. The Morgan fingerprint density at radius 1 is 1.36 bits per heavy atom. The van der Waals surface area contributed by atoms with Crippen molar-refractivity contribution in [3.63, 3.8) is 0 Å². The van der Waals surface area contributed by atoms with Gasteiger partial charge in [0.25, 0.3) is 0 Å². The first-order valence-corrected chi connectivity index (χ1v) is 6.96. The van der Waals surface area contributed by atoms with E-state index in [1.165, 1.54) is 0 Å². The first kappa shape index (κ1) is 16.3. The first-order valence-electron chi connectivity index (χ1n) is 6.96. The predicted molar refractivity (Wildman–Crippen MR) is 70.3 cm³/mol. The minimum absolute atomic E-state index is 0.335. The largest absolute Gasteiger partial charge is 0.435 e. The van der Waals surface area contributed by atoms with Crippen molar-refractivity contribution in [1.29, 1.82) is 0 Å². The second-order valence-electron chi connectivity index (χ2n) is 5.36. The maximum absolute atomic E-state index is 12.4. The smallest absolute Gasteiger partial charge is 0.369 e. The summed E-state index contributed by atoms with van der Waals surface area (Å²) in [5, 5.41) is 5.97. The van der Waals surface area contributed by atoms with Gasteiger partial charge in [-0.15, -0.1) is 0 Å². The molecule has 0 aliphatic heterocycles. The number of nitrogens with one attached hydrogen (secondary N) is 1. The van der Waals surface area contributed by atoms with E-state index in [0.717, 1.165) is 29.8 Å². The fourth-order valence-corrected chi connectivity index (χ4v) is 2.64. The van der Waals surface area contributed by atoms with Gasteiger partial charge in [-0.3, -0.25) is 14.3 Å². The number of amides is 2. The molecule has 1 fully saturated rings. The maximum Gasteiger partial charge on any atom is 0.435 e. The monoisotopic (exact) mass is 318 g/mol. The standard InChI is InChI=1S/C13H17F3N4O2/c14-13(15,16)10-5-6-20(19-10)7-11(21)18-9-4-2-1-3-8(9)12(17)22/h5-6,8-9H,1-4,7H2,(H2,17,22)(H,18,21). The molecule has 0 aromatic carbocycles. The summed E-state index contributed by atoms with van der Waals surface area (Å²) in [6.45, 7) is -0.335. The topological polar surface area (TPSA) is 90.0 Å². The van der Waals surface area contributed by atoms with E-state index in [1.807, 2.05) is 0 Å². The van der Waals surface area contributed by atoms with E-state index in [-0.39, 0.29) is 12.6 Å². The zero-order valence-electron chi connectivity index (χ0n) is 11.8. The second-order valence-corrected chi connectivity index (χ2v) is 5.36.